The van der Waals surface area contributed by atoms with Crippen LogP contribution in [-0.2, 0) is 0 Å². The van der Waals surface area contributed by atoms with Gasteiger partial charge in [0.25, 0.3) is 17.5 Å². The van der Waals surface area contributed by atoms with Crippen LogP contribution < -0.4 is 20.3 Å². The molecule has 2 aromatic carbocycles. The Kier molecular flexibility index (Phi) is 5.74. The Bertz CT molecular complexity index is 866. The molecular weight excluding hydrogens is 342 g/mol. The molecule has 0 bridgehead atoms. The third-order valence-electron chi connectivity index (χ3n) is 3.59. The van der Waals surface area contributed by atoms with Crippen LogP contribution in [0.2, 0.25) is 0 Å². The van der Waals surface area contributed by atoms with Gasteiger partial charge in [-0.25, -0.2) is 0 Å². The van der Waals surface area contributed by atoms with Crippen LogP contribution in [0, 0.1) is 17.0 Å². The number of amides is 2. The SMILES string of the molecule is COc1ccc(C(=O)NNC(=O)c2ccc([N+](=O)[O-])c(C)c2)cc1OC. The maximum Gasteiger partial charge on any atom is 0.272 e. The number of nitro groups is 1. The second-order valence-corrected chi connectivity index (χ2v) is 5.24. The van der Waals surface area contributed by atoms with Gasteiger partial charge in [0.05, 0.1) is 19.1 Å². The molecule has 0 unspecified atom stereocenters. The zero-order valence-corrected chi connectivity index (χ0v) is 14.4. The Morgan fingerprint density at radius 2 is 1.46 bits per heavy atom. The first kappa shape index (κ1) is 18.7. The van der Waals surface area contributed by atoms with Gasteiger partial charge in [-0.3, -0.25) is 30.6 Å². The van der Waals surface area contributed by atoms with Gasteiger partial charge in [-0.1, -0.05) is 0 Å². The zero-order chi connectivity index (χ0) is 19.3. The molecule has 0 aliphatic rings. The van der Waals surface area contributed by atoms with Gasteiger partial charge in [0.1, 0.15) is 0 Å². The number of hydrazine groups is 1. The first-order valence-electron chi connectivity index (χ1n) is 7.45. The van der Waals surface area contributed by atoms with Crippen LogP contribution in [0.15, 0.2) is 36.4 Å². The molecule has 0 saturated carbocycles. The van der Waals surface area contributed by atoms with Gasteiger partial charge < -0.3 is 9.47 Å². The van der Waals surface area contributed by atoms with Gasteiger partial charge in [-0.15, -0.1) is 0 Å². The average molecular weight is 359 g/mol. The van der Waals surface area contributed by atoms with Crippen molar-refractivity contribution in [3.05, 3.63) is 63.2 Å². The van der Waals surface area contributed by atoms with E-state index in [4.69, 9.17) is 9.47 Å². The quantitative estimate of drug-likeness (QED) is 0.622. The van der Waals surface area contributed by atoms with Crippen molar-refractivity contribution in [3.63, 3.8) is 0 Å². The lowest BCUT2D eigenvalue weighted by atomic mass is 10.1. The van der Waals surface area contributed by atoms with Crippen LogP contribution in [0.3, 0.4) is 0 Å². The van der Waals surface area contributed by atoms with Crippen molar-refractivity contribution in [2.45, 2.75) is 6.92 Å². The average Bonchev–Trinajstić information content (AvgIpc) is 2.64. The fraction of sp³-hybridized carbons (Fsp3) is 0.176. The molecule has 0 heterocycles. The number of rotatable bonds is 5. The highest BCUT2D eigenvalue weighted by Crippen LogP contribution is 2.27. The molecule has 0 saturated heterocycles. The van der Waals surface area contributed by atoms with E-state index in [2.05, 4.69) is 10.9 Å². The predicted octanol–water partition coefficient (Wildman–Crippen LogP) is 2.00. The summed E-state index contributed by atoms with van der Waals surface area (Å²) in [5, 5.41) is 10.8. The lowest BCUT2D eigenvalue weighted by Gasteiger charge is -2.11. The number of carbonyl (C=O) groups excluding carboxylic acids is 2. The standard InChI is InChI=1S/C17H17N3O6/c1-10-8-11(4-6-13(10)20(23)24)16(21)18-19-17(22)12-5-7-14(25-2)15(9-12)26-3/h4-9H,1-3H3,(H,18,21)(H,19,22). The van der Waals surface area contributed by atoms with Gasteiger partial charge in [0.2, 0.25) is 0 Å². The summed E-state index contributed by atoms with van der Waals surface area (Å²) >= 11 is 0. The Morgan fingerprint density at radius 1 is 0.923 bits per heavy atom. The predicted molar refractivity (Wildman–Crippen MR) is 92.3 cm³/mol. The van der Waals surface area contributed by atoms with Crippen LogP contribution in [0.1, 0.15) is 26.3 Å². The van der Waals surface area contributed by atoms with E-state index in [0.717, 1.165) is 0 Å². The Hall–Kier alpha value is -3.62. The van der Waals surface area contributed by atoms with Gasteiger partial charge in [-0.2, -0.15) is 0 Å². The van der Waals surface area contributed by atoms with E-state index in [1.54, 1.807) is 6.07 Å². The molecule has 9 nitrogen and oxygen atoms in total. The molecule has 0 fully saturated rings. The fourth-order valence-electron chi connectivity index (χ4n) is 2.24. The summed E-state index contributed by atoms with van der Waals surface area (Å²) < 4.78 is 10.2. The smallest absolute Gasteiger partial charge is 0.272 e. The topological polar surface area (TPSA) is 120 Å². The molecule has 9 heteroatoms. The summed E-state index contributed by atoms with van der Waals surface area (Å²) in [6, 6.07) is 8.46. The first-order chi connectivity index (χ1) is 12.4. The molecule has 0 radical (unpaired) electrons. The summed E-state index contributed by atoms with van der Waals surface area (Å²) in [7, 11) is 2.92. The molecule has 0 aromatic heterocycles. The maximum atomic E-state index is 12.1. The highest BCUT2D eigenvalue weighted by atomic mass is 16.6. The number of nitro benzene ring substituents is 1. The molecule has 0 aliphatic heterocycles. The number of carbonyl (C=O) groups is 2. The van der Waals surface area contributed by atoms with E-state index in [0.29, 0.717) is 17.1 Å². The van der Waals surface area contributed by atoms with Crippen molar-refractivity contribution >= 4 is 17.5 Å². The van der Waals surface area contributed by atoms with Crippen molar-refractivity contribution in [2.75, 3.05) is 14.2 Å². The highest BCUT2D eigenvalue weighted by molar-refractivity contribution is 5.99. The number of aryl methyl sites for hydroxylation is 1. The number of hydrogen-bond acceptors (Lipinski definition) is 6. The summed E-state index contributed by atoms with van der Waals surface area (Å²) in [6.07, 6.45) is 0. The van der Waals surface area contributed by atoms with Crippen LogP contribution in [0.4, 0.5) is 5.69 Å². The minimum atomic E-state index is -0.600. The second kappa shape index (κ2) is 7.97. The Labute approximate surface area is 149 Å². The maximum absolute atomic E-state index is 12.1. The van der Waals surface area contributed by atoms with E-state index >= 15 is 0 Å². The summed E-state index contributed by atoms with van der Waals surface area (Å²) in [5.74, 6) is -0.318. The second-order valence-electron chi connectivity index (χ2n) is 5.24. The van der Waals surface area contributed by atoms with Crippen molar-refractivity contribution < 1.29 is 24.0 Å². The minimum absolute atomic E-state index is 0.0871. The third-order valence-corrected chi connectivity index (χ3v) is 3.59. The largest absolute Gasteiger partial charge is 0.493 e. The van der Waals surface area contributed by atoms with Crippen molar-refractivity contribution in [1.29, 1.82) is 0 Å². The monoisotopic (exact) mass is 359 g/mol. The van der Waals surface area contributed by atoms with Crippen LogP contribution in [0.25, 0.3) is 0 Å². The lowest BCUT2D eigenvalue weighted by Crippen LogP contribution is -2.41. The molecule has 26 heavy (non-hydrogen) atoms. The molecule has 2 rings (SSSR count). The molecule has 0 atom stereocenters. The van der Waals surface area contributed by atoms with E-state index in [1.165, 1.54) is 51.5 Å². The lowest BCUT2D eigenvalue weighted by molar-refractivity contribution is -0.385. The number of nitrogens with one attached hydrogen (secondary N) is 2. The van der Waals surface area contributed by atoms with Gasteiger partial charge in [0.15, 0.2) is 11.5 Å². The third kappa shape index (κ3) is 4.07. The van der Waals surface area contributed by atoms with Crippen molar-refractivity contribution in [2.24, 2.45) is 0 Å². The first-order valence-corrected chi connectivity index (χ1v) is 7.45. The van der Waals surface area contributed by atoms with E-state index in [1.807, 2.05) is 0 Å². The van der Waals surface area contributed by atoms with Gasteiger partial charge in [-0.05, 0) is 37.3 Å². The van der Waals surface area contributed by atoms with Gasteiger partial charge in [0, 0.05) is 22.8 Å². The molecule has 2 aromatic rings. The van der Waals surface area contributed by atoms with Crippen LogP contribution in [0.5, 0.6) is 11.5 Å². The highest BCUT2D eigenvalue weighted by Gasteiger charge is 2.15. The Balaban J connectivity index is 2.06. The fourth-order valence-corrected chi connectivity index (χ4v) is 2.24. The molecular formula is C17H17N3O6. The minimum Gasteiger partial charge on any atom is -0.493 e. The summed E-state index contributed by atoms with van der Waals surface area (Å²) in [6.45, 7) is 1.52. The van der Waals surface area contributed by atoms with Gasteiger partial charge >= 0.3 is 0 Å². The number of ether oxygens (including phenoxy) is 2. The normalized spacial score (nSPS) is 9.96. The van der Waals surface area contributed by atoms with Crippen LogP contribution >= 0.6 is 0 Å². The molecule has 2 N–H and O–H groups in total. The zero-order valence-electron chi connectivity index (χ0n) is 14.4. The molecule has 0 spiro atoms. The molecule has 0 aliphatic carbocycles. The molecule has 136 valence electrons. The number of benzene rings is 2. The van der Waals surface area contributed by atoms with Crippen molar-refractivity contribution in [1.82, 2.24) is 10.9 Å². The van der Waals surface area contributed by atoms with Crippen LogP contribution in [-0.4, -0.2) is 31.0 Å². The van der Waals surface area contributed by atoms with Crippen molar-refractivity contribution in [3.8, 4) is 11.5 Å². The number of methoxy groups -OCH3 is 2. The summed E-state index contributed by atoms with van der Waals surface area (Å²) in [5.41, 5.74) is 5.22. The Morgan fingerprint density at radius 3 is 1.96 bits per heavy atom. The van der Waals surface area contributed by atoms with E-state index in [9.17, 15) is 19.7 Å². The number of nitrogens with zero attached hydrogens (tertiary/aromatic N) is 1. The molecule has 2 amide bonds. The number of hydrogen-bond donors (Lipinski definition) is 2. The van der Waals surface area contributed by atoms with E-state index in [-0.39, 0.29) is 16.8 Å². The summed E-state index contributed by atoms with van der Waals surface area (Å²) in [4.78, 5) is 34.5. The van der Waals surface area contributed by atoms with E-state index < -0.39 is 16.7 Å².